The Morgan fingerprint density at radius 2 is 1.71 bits per heavy atom. The Morgan fingerprint density at radius 3 is 2.26 bits per heavy atom. The summed E-state index contributed by atoms with van der Waals surface area (Å²) in [6.45, 7) is 3.66. The van der Waals surface area contributed by atoms with Gasteiger partial charge in [0.25, 0.3) is 17.1 Å². The van der Waals surface area contributed by atoms with Crippen LogP contribution in [-0.2, 0) is 4.79 Å². The molecule has 8 heteroatoms. The number of hydrogen-bond acceptors (Lipinski definition) is 6. The van der Waals surface area contributed by atoms with Crippen molar-refractivity contribution >= 4 is 34.9 Å². The normalized spacial score (nSPS) is 16.3. The molecule has 1 unspecified atom stereocenters. The van der Waals surface area contributed by atoms with Gasteiger partial charge in [0.2, 0.25) is 0 Å². The largest absolute Gasteiger partial charge is 0.508 e. The number of nitrogens with zero attached hydrogens (tertiary/aromatic N) is 2. The summed E-state index contributed by atoms with van der Waals surface area (Å²) in [7, 11) is 1.60. The summed E-state index contributed by atoms with van der Waals surface area (Å²) in [5.74, 6) is -0.466. The van der Waals surface area contributed by atoms with Gasteiger partial charge in [0, 0.05) is 18.7 Å². The second kappa shape index (κ2) is 9.36. The van der Waals surface area contributed by atoms with Crippen molar-refractivity contribution in [1.82, 2.24) is 9.80 Å². The molecule has 2 aromatic carbocycles. The van der Waals surface area contributed by atoms with Crippen molar-refractivity contribution in [2.24, 2.45) is 0 Å². The molecule has 1 saturated heterocycles. The third-order valence-corrected chi connectivity index (χ3v) is 5.75. The zero-order valence-electron chi connectivity index (χ0n) is 17.5. The van der Waals surface area contributed by atoms with Gasteiger partial charge in [-0.25, -0.2) is 0 Å². The number of carbonyl (C=O) groups excluding carboxylic acids is 3. The van der Waals surface area contributed by atoms with E-state index in [0.717, 1.165) is 11.8 Å². The quantitative estimate of drug-likeness (QED) is 0.666. The molecule has 0 radical (unpaired) electrons. The maximum absolute atomic E-state index is 12.7. The lowest BCUT2D eigenvalue weighted by Crippen LogP contribution is -2.34. The first kappa shape index (κ1) is 22.6. The second-order valence-electron chi connectivity index (χ2n) is 7.56. The van der Waals surface area contributed by atoms with Gasteiger partial charge < -0.3 is 15.1 Å². The van der Waals surface area contributed by atoms with E-state index in [4.69, 9.17) is 0 Å². The van der Waals surface area contributed by atoms with E-state index in [-0.39, 0.29) is 35.4 Å². The molecule has 0 spiro atoms. The van der Waals surface area contributed by atoms with Crippen LogP contribution in [0, 0.1) is 0 Å². The number of amides is 3. The lowest BCUT2D eigenvalue weighted by molar-refractivity contribution is -0.123. The number of aliphatic hydroxyl groups is 1. The van der Waals surface area contributed by atoms with Crippen molar-refractivity contribution in [1.29, 1.82) is 0 Å². The van der Waals surface area contributed by atoms with Crippen molar-refractivity contribution in [2.75, 3.05) is 13.6 Å². The minimum absolute atomic E-state index is 0.0910. The summed E-state index contributed by atoms with van der Waals surface area (Å²) in [6.07, 6.45) is 0.755. The van der Waals surface area contributed by atoms with Crippen LogP contribution in [0.5, 0.6) is 5.75 Å². The molecule has 1 fully saturated rings. The SMILES string of the molecule is CC(C)N1C(=O)SC(=Cc2ccc(C(=O)N(C)CC(O)c3ccc(O)cc3)cc2)C1=O. The predicted octanol–water partition coefficient (Wildman–Crippen LogP) is 3.64. The third-order valence-electron chi connectivity index (χ3n) is 4.87. The molecule has 7 nitrogen and oxygen atoms in total. The zero-order chi connectivity index (χ0) is 22.7. The standard InChI is InChI=1S/C23H24N2O5S/c1-14(2)25-22(29)20(31-23(25)30)12-15-4-6-17(7-5-15)21(28)24(3)13-19(27)16-8-10-18(26)11-9-16/h4-12,14,19,26-27H,13H2,1-3H3. The lowest BCUT2D eigenvalue weighted by atomic mass is 10.1. The molecule has 1 aliphatic heterocycles. The van der Waals surface area contributed by atoms with E-state index >= 15 is 0 Å². The Morgan fingerprint density at radius 1 is 1.10 bits per heavy atom. The third kappa shape index (κ3) is 5.15. The molecule has 0 aliphatic carbocycles. The number of benzene rings is 2. The van der Waals surface area contributed by atoms with Crippen LogP contribution < -0.4 is 0 Å². The zero-order valence-corrected chi connectivity index (χ0v) is 18.3. The molecular weight excluding hydrogens is 416 g/mol. The Labute approximate surface area is 185 Å². The van der Waals surface area contributed by atoms with Gasteiger partial charge in [-0.1, -0.05) is 24.3 Å². The Balaban J connectivity index is 1.66. The first-order valence-corrected chi connectivity index (χ1v) is 10.6. The molecular formula is C23H24N2O5S. The maximum atomic E-state index is 12.7. The predicted molar refractivity (Wildman–Crippen MR) is 119 cm³/mol. The highest BCUT2D eigenvalue weighted by atomic mass is 32.2. The Kier molecular flexibility index (Phi) is 6.82. The van der Waals surface area contributed by atoms with E-state index in [2.05, 4.69) is 0 Å². The molecule has 1 aliphatic rings. The Hall–Kier alpha value is -3.10. The summed E-state index contributed by atoms with van der Waals surface area (Å²) >= 11 is 0.906. The first-order chi connectivity index (χ1) is 14.7. The average molecular weight is 441 g/mol. The van der Waals surface area contributed by atoms with Gasteiger partial charge in [-0.3, -0.25) is 19.3 Å². The van der Waals surface area contributed by atoms with Crippen LogP contribution in [0.15, 0.2) is 53.4 Å². The smallest absolute Gasteiger partial charge is 0.293 e. The molecule has 3 amide bonds. The Bertz CT molecular complexity index is 1020. The fourth-order valence-electron chi connectivity index (χ4n) is 3.16. The van der Waals surface area contributed by atoms with Gasteiger partial charge in [-0.05, 0) is 67.1 Å². The molecule has 0 aromatic heterocycles. The van der Waals surface area contributed by atoms with Gasteiger partial charge in [-0.2, -0.15) is 0 Å². The van der Waals surface area contributed by atoms with E-state index < -0.39 is 6.10 Å². The number of likely N-dealkylation sites (N-methyl/N-ethyl adjacent to an activating group) is 1. The van der Waals surface area contributed by atoms with Crippen molar-refractivity contribution in [3.63, 3.8) is 0 Å². The van der Waals surface area contributed by atoms with Crippen LogP contribution >= 0.6 is 11.8 Å². The lowest BCUT2D eigenvalue weighted by Gasteiger charge is -2.21. The molecule has 3 rings (SSSR count). The molecule has 1 heterocycles. The number of carbonyl (C=O) groups is 3. The number of thioether (sulfide) groups is 1. The van der Waals surface area contributed by atoms with Gasteiger partial charge in [-0.15, -0.1) is 0 Å². The van der Waals surface area contributed by atoms with Crippen molar-refractivity contribution < 1.29 is 24.6 Å². The van der Waals surface area contributed by atoms with Crippen LogP contribution in [0.25, 0.3) is 6.08 Å². The first-order valence-electron chi connectivity index (χ1n) is 9.77. The molecule has 162 valence electrons. The number of imide groups is 1. The fraction of sp³-hybridized carbons (Fsp3) is 0.261. The van der Waals surface area contributed by atoms with Gasteiger partial charge in [0.05, 0.1) is 17.6 Å². The van der Waals surface area contributed by atoms with Crippen LogP contribution in [0.4, 0.5) is 4.79 Å². The monoisotopic (exact) mass is 440 g/mol. The number of aliphatic hydroxyl groups excluding tert-OH is 1. The highest BCUT2D eigenvalue weighted by Crippen LogP contribution is 2.33. The topological polar surface area (TPSA) is 98.2 Å². The maximum Gasteiger partial charge on any atom is 0.293 e. The van der Waals surface area contributed by atoms with Crippen molar-refractivity contribution in [2.45, 2.75) is 26.0 Å². The number of phenols is 1. The molecule has 2 aromatic rings. The van der Waals surface area contributed by atoms with Crippen molar-refractivity contribution in [3.05, 3.63) is 70.1 Å². The summed E-state index contributed by atoms with van der Waals surface area (Å²) in [5, 5.41) is 19.4. The van der Waals surface area contributed by atoms with E-state index in [9.17, 15) is 24.6 Å². The average Bonchev–Trinajstić information content (AvgIpc) is 3.01. The number of rotatable bonds is 6. The van der Waals surface area contributed by atoms with Gasteiger partial charge in [0.1, 0.15) is 5.75 Å². The fourth-order valence-corrected chi connectivity index (χ4v) is 4.12. The molecule has 0 saturated carbocycles. The number of aromatic hydroxyl groups is 1. The van der Waals surface area contributed by atoms with E-state index in [0.29, 0.717) is 21.6 Å². The van der Waals surface area contributed by atoms with Crippen LogP contribution in [-0.4, -0.2) is 56.7 Å². The minimum atomic E-state index is -0.884. The number of hydrogen-bond donors (Lipinski definition) is 2. The highest BCUT2D eigenvalue weighted by molar-refractivity contribution is 8.18. The van der Waals surface area contributed by atoms with E-state index in [1.54, 1.807) is 63.4 Å². The summed E-state index contributed by atoms with van der Waals surface area (Å²) in [4.78, 5) is 40.1. The summed E-state index contributed by atoms with van der Waals surface area (Å²) in [5.41, 5.74) is 1.74. The minimum Gasteiger partial charge on any atom is -0.508 e. The van der Waals surface area contributed by atoms with E-state index in [1.165, 1.54) is 21.9 Å². The van der Waals surface area contributed by atoms with Crippen LogP contribution in [0.3, 0.4) is 0 Å². The van der Waals surface area contributed by atoms with Crippen LogP contribution in [0.2, 0.25) is 0 Å². The molecule has 0 bridgehead atoms. The van der Waals surface area contributed by atoms with Gasteiger partial charge >= 0.3 is 0 Å². The summed E-state index contributed by atoms with van der Waals surface area (Å²) in [6, 6.07) is 12.7. The second-order valence-corrected chi connectivity index (χ2v) is 8.55. The van der Waals surface area contributed by atoms with Crippen molar-refractivity contribution in [3.8, 4) is 5.75 Å². The number of phenolic OH excluding ortho intramolecular Hbond substituents is 1. The van der Waals surface area contributed by atoms with Gasteiger partial charge in [0.15, 0.2) is 0 Å². The molecule has 1 atom stereocenters. The summed E-state index contributed by atoms with van der Waals surface area (Å²) < 4.78 is 0. The molecule has 2 N–H and O–H groups in total. The van der Waals surface area contributed by atoms with E-state index in [1.807, 2.05) is 0 Å². The highest BCUT2D eigenvalue weighted by Gasteiger charge is 2.36. The van der Waals surface area contributed by atoms with Crippen LogP contribution in [0.1, 0.15) is 41.4 Å². The molecule has 31 heavy (non-hydrogen) atoms.